The van der Waals surface area contributed by atoms with Gasteiger partial charge in [-0.25, -0.2) is 0 Å². The highest BCUT2D eigenvalue weighted by Gasteiger charge is 2.43. The molecule has 0 saturated heterocycles. The molecule has 0 radical (unpaired) electrons. The Morgan fingerprint density at radius 2 is 1.62 bits per heavy atom. The molecule has 7 nitrogen and oxygen atoms in total. The van der Waals surface area contributed by atoms with E-state index < -0.39 is 13.4 Å². The lowest BCUT2D eigenvalue weighted by Gasteiger charge is -2.37. The van der Waals surface area contributed by atoms with Crippen molar-refractivity contribution in [3.63, 3.8) is 0 Å². The van der Waals surface area contributed by atoms with Crippen molar-refractivity contribution in [1.29, 1.82) is 5.26 Å². The van der Waals surface area contributed by atoms with Crippen LogP contribution in [0, 0.1) is 17.4 Å². The first-order valence-electron chi connectivity index (χ1n) is 6.96. The SMILES string of the molecule is CC(C)OP(=O)(OC(C)C)[C@H](C(C)C)N(C)C(N)=NC#N. The molecule has 1 atom stereocenters. The molecule has 0 aromatic heterocycles. The van der Waals surface area contributed by atoms with E-state index in [2.05, 4.69) is 4.99 Å². The first-order valence-corrected chi connectivity index (χ1v) is 8.58. The molecule has 0 aliphatic heterocycles. The van der Waals surface area contributed by atoms with Crippen LogP contribution >= 0.6 is 7.60 Å². The van der Waals surface area contributed by atoms with E-state index >= 15 is 0 Å². The molecule has 0 aliphatic rings. The largest absolute Gasteiger partial charge is 0.369 e. The summed E-state index contributed by atoms with van der Waals surface area (Å²) in [5.74, 6) is -0.721. The highest BCUT2D eigenvalue weighted by atomic mass is 31.2. The molecular weight excluding hydrogens is 291 g/mol. The van der Waals surface area contributed by atoms with E-state index in [1.165, 1.54) is 4.90 Å². The van der Waals surface area contributed by atoms with Crippen molar-refractivity contribution in [3.05, 3.63) is 0 Å². The third kappa shape index (κ3) is 6.04. The molecule has 21 heavy (non-hydrogen) atoms. The van der Waals surface area contributed by atoms with E-state index in [0.29, 0.717) is 0 Å². The van der Waals surface area contributed by atoms with Crippen LogP contribution in [-0.4, -0.2) is 35.9 Å². The minimum absolute atomic E-state index is 0.0175. The Morgan fingerprint density at radius 3 is 1.90 bits per heavy atom. The zero-order valence-electron chi connectivity index (χ0n) is 13.9. The number of hydrogen-bond donors (Lipinski definition) is 1. The van der Waals surface area contributed by atoms with Crippen LogP contribution in [0.3, 0.4) is 0 Å². The Bertz CT molecular complexity index is 429. The van der Waals surface area contributed by atoms with Gasteiger partial charge in [0.2, 0.25) is 12.2 Å². The van der Waals surface area contributed by atoms with Crippen molar-refractivity contribution < 1.29 is 13.6 Å². The minimum atomic E-state index is -3.48. The topological polar surface area (TPSA) is 101 Å². The van der Waals surface area contributed by atoms with Gasteiger partial charge in [0.15, 0.2) is 0 Å². The number of hydrogen-bond acceptors (Lipinski definition) is 5. The summed E-state index contributed by atoms with van der Waals surface area (Å²) >= 11 is 0. The average Bonchev–Trinajstić information content (AvgIpc) is 2.25. The maximum Gasteiger partial charge on any atom is 0.353 e. The first-order chi connectivity index (χ1) is 9.55. The maximum absolute atomic E-state index is 13.2. The van der Waals surface area contributed by atoms with E-state index in [0.717, 1.165) is 0 Å². The molecule has 8 heteroatoms. The molecule has 0 aliphatic carbocycles. The van der Waals surface area contributed by atoms with Gasteiger partial charge in [0, 0.05) is 7.05 Å². The van der Waals surface area contributed by atoms with Gasteiger partial charge < -0.3 is 19.7 Å². The maximum atomic E-state index is 13.2. The standard InChI is InChI=1S/C13H27N4O3P/c1-9(2)12(17(7)13(15)16-8-14)21(18,19-10(3)4)20-11(5)6/h9-12H,1-7H3,(H2,15,16)/t12-/m1/s1. The van der Waals surface area contributed by atoms with Gasteiger partial charge in [0.1, 0.15) is 5.78 Å². The fraction of sp³-hybridized carbons (Fsp3) is 0.846. The van der Waals surface area contributed by atoms with Crippen molar-refractivity contribution in [3.8, 4) is 6.19 Å². The summed E-state index contributed by atoms with van der Waals surface area (Å²) in [5.41, 5.74) is 5.75. The number of nitrogens with zero attached hydrogens (tertiary/aromatic N) is 3. The van der Waals surface area contributed by atoms with E-state index in [9.17, 15) is 4.57 Å². The zero-order chi connectivity index (χ0) is 16.8. The Labute approximate surface area is 127 Å². The lowest BCUT2D eigenvalue weighted by atomic mass is 10.2. The summed E-state index contributed by atoms with van der Waals surface area (Å²) in [5, 5.41) is 8.62. The van der Waals surface area contributed by atoms with Gasteiger partial charge in [-0.2, -0.15) is 5.26 Å². The normalized spacial score (nSPS) is 14.6. The van der Waals surface area contributed by atoms with Crippen LogP contribution in [0.2, 0.25) is 0 Å². The summed E-state index contributed by atoms with van der Waals surface area (Å²) in [6, 6.07) is 0. The third-order valence-corrected chi connectivity index (χ3v) is 5.58. The second-order valence-corrected chi connectivity index (χ2v) is 7.72. The third-order valence-electron chi connectivity index (χ3n) is 2.56. The summed E-state index contributed by atoms with van der Waals surface area (Å²) in [6.45, 7) is 10.9. The van der Waals surface area contributed by atoms with Gasteiger partial charge in [-0.3, -0.25) is 4.57 Å². The number of nitriles is 1. The monoisotopic (exact) mass is 318 g/mol. The predicted octanol–water partition coefficient (Wildman–Crippen LogP) is 2.74. The summed E-state index contributed by atoms with van der Waals surface area (Å²) in [6.07, 6.45) is 1.09. The van der Waals surface area contributed by atoms with Gasteiger partial charge in [0.05, 0.1) is 12.2 Å². The van der Waals surface area contributed by atoms with Gasteiger partial charge >= 0.3 is 7.60 Å². The highest BCUT2D eigenvalue weighted by Crippen LogP contribution is 2.58. The second-order valence-electron chi connectivity index (χ2n) is 5.69. The molecule has 0 heterocycles. The summed E-state index contributed by atoms with van der Waals surface area (Å²) in [4.78, 5) is 4.98. The molecule has 0 saturated carbocycles. The molecule has 0 aromatic rings. The Balaban J connectivity index is 5.69. The van der Waals surface area contributed by atoms with Crippen molar-refractivity contribution in [1.82, 2.24) is 4.90 Å². The van der Waals surface area contributed by atoms with Crippen LogP contribution in [0.5, 0.6) is 0 Å². The van der Waals surface area contributed by atoms with Crippen molar-refractivity contribution in [2.24, 2.45) is 16.6 Å². The quantitative estimate of drug-likeness (QED) is 0.335. The smallest absolute Gasteiger partial charge is 0.353 e. The highest BCUT2D eigenvalue weighted by molar-refractivity contribution is 7.54. The molecule has 0 bridgehead atoms. The molecular formula is C13H27N4O3P. The second kappa shape index (κ2) is 8.38. The fourth-order valence-electron chi connectivity index (χ4n) is 2.03. The Morgan fingerprint density at radius 1 is 1.19 bits per heavy atom. The van der Waals surface area contributed by atoms with E-state index in [1.54, 1.807) is 40.9 Å². The number of guanidine groups is 1. The molecule has 0 unspecified atom stereocenters. The molecule has 0 amide bonds. The van der Waals surface area contributed by atoms with Crippen LogP contribution in [-0.2, 0) is 13.6 Å². The lowest BCUT2D eigenvalue weighted by molar-refractivity contribution is 0.120. The molecule has 0 rings (SSSR count). The lowest BCUT2D eigenvalue weighted by Crippen LogP contribution is -2.45. The van der Waals surface area contributed by atoms with Crippen LogP contribution in [0.25, 0.3) is 0 Å². The van der Waals surface area contributed by atoms with Crippen molar-refractivity contribution in [2.75, 3.05) is 7.05 Å². The number of aliphatic imine (C=N–C) groups is 1. The van der Waals surface area contributed by atoms with E-state index in [4.69, 9.17) is 20.0 Å². The minimum Gasteiger partial charge on any atom is -0.369 e. The van der Waals surface area contributed by atoms with Crippen molar-refractivity contribution in [2.45, 2.75) is 59.5 Å². The molecule has 0 fully saturated rings. The first kappa shape index (κ1) is 19.9. The Hall–Kier alpha value is -1.09. The van der Waals surface area contributed by atoms with Gasteiger partial charge in [-0.05, 0) is 33.6 Å². The van der Waals surface area contributed by atoms with Crippen LogP contribution in [0.4, 0.5) is 0 Å². The molecule has 0 aromatic carbocycles. The van der Waals surface area contributed by atoms with E-state index in [1.807, 2.05) is 13.8 Å². The Kier molecular flexibility index (Phi) is 7.94. The van der Waals surface area contributed by atoms with Crippen molar-refractivity contribution >= 4 is 13.6 Å². The van der Waals surface area contributed by atoms with Crippen LogP contribution < -0.4 is 5.73 Å². The molecule has 122 valence electrons. The number of nitrogens with two attached hydrogens (primary N) is 1. The summed E-state index contributed by atoms with van der Waals surface area (Å²) < 4.78 is 24.5. The molecule has 0 spiro atoms. The van der Waals surface area contributed by atoms with Gasteiger partial charge in [-0.15, -0.1) is 4.99 Å². The molecule has 2 N–H and O–H groups in total. The number of rotatable bonds is 7. The van der Waals surface area contributed by atoms with Gasteiger partial charge in [0.25, 0.3) is 0 Å². The average molecular weight is 318 g/mol. The van der Waals surface area contributed by atoms with Crippen LogP contribution in [0.1, 0.15) is 41.5 Å². The fourth-order valence-corrected chi connectivity index (χ4v) is 4.77. The predicted molar refractivity (Wildman–Crippen MR) is 83.7 cm³/mol. The van der Waals surface area contributed by atoms with Crippen LogP contribution in [0.15, 0.2) is 4.99 Å². The summed E-state index contributed by atoms with van der Waals surface area (Å²) in [7, 11) is -1.85. The van der Waals surface area contributed by atoms with E-state index in [-0.39, 0.29) is 24.1 Å². The zero-order valence-corrected chi connectivity index (χ0v) is 14.8. The van der Waals surface area contributed by atoms with Gasteiger partial charge in [-0.1, -0.05) is 13.8 Å².